The van der Waals surface area contributed by atoms with Gasteiger partial charge in [0.1, 0.15) is 12.7 Å². The molecular weight excluding hydrogens is 288 g/mol. The van der Waals surface area contributed by atoms with Gasteiger partial charge in [-0.3, -0.25) is 4.79 Å². The largest absolute Gasteiger partial charge is 0.309 e. The van der Waals surface area contributed by atoms with Crippen LogP contribution in [0.15, 0.2) is 67.3 Å². The molecule has 1 amide bonds. The monoisotopic (exact) mass is 306 g/mol. The summed E-state index contributed by atoms with van der Waals surface area (Å²) in [5.74, 6) is 0.00556. The normalized spacial score (nSPS) is 10.5. The summed E-state index contributed by atoms with van der Waals surface area (Å²) in [6.45, 7) is 3.25. The van der Waals surface area contributed by atoms with E-state index in [9.17, 15) is 4.79 Å². The van der Waals surface area contributed by atoms with Crippen LogP contribution in [0.1, 0.15) is 22.8 Å². The highest BCUT2D eigenvalue weighted by Gasteiger charge is 2.15. The zero-order valence-corrected chi connectivity index (χ0v) is 13.0. The minimum atomic E-state index is 0.00556. The molecule has 0 atom stereocenters. The van der Waals surface area contributed by atoms with Crippen LogP contribution in [0.25, 0.3) is 0 Å². The Balaban J connectivity index is 1.76. The molecule has 0 fully saturated rings. The molecule has 3 aromatic rings. The maximum atomic E-state index is 12.7. The number of carbonyl (C=O) groups excluding carboxylic acids is 1. The molecule has 0 spiro atoms. The third-order valence-corrected chi connectivity index (χ3v) is 3.64. The molecule has 0 unspecified atom stereocenters. The van der Waals surface area contributed by atoms with E-state index in [0.29, 0.717) is 18.7 Å². The molecule has 0 aliphatic carbocycles. The lowest BCUT2D eigenvalue weighted by Crippen LogP contribution is -2.30. The predicted molar refractivity (Wildman–Crippen MR) is 89.4 cm³/mol. The summed E-state index contributed by atoms with van der Waals surface area (Å²) in [6, 6.07) is 17.3. The molecule has 1 heterocycles. The molecule has 5 nitrogen and oxygen atoms in total. The number of benzene rings is 2. The zero-order chi connectivity index (χ0) is 16.1. The fraction of sp³-hybridized carbons (Fsp3) is 0.167. The van der Waals surface area contributed by atoms with Gasteiger partial charge in [0.2, 0.25) is 0 Å². The van der Waals surface area contributed by atoms with E-state index >= 15 is 0 Å². The fourth-order valence-corrected chi connectivity index (χ4v) is 2.46. The Bertz CT molecular complexity index is 751. The molecule has 3 rings (SSSR count). The number of para-hydroxylation sites is 1. The molecule has 2 aromatic carbocycles. The number of aromatic nitrogens is 3. The summed E-state index contributed by atoms with van der Waals surface area (Å²) in [4.78, 5) is 18.4. The van der Waals surface area contributed by atoms with Crippen LogP contribution in [0, 0.1) is 0 Å². The van der Waals surface area contributed by atoms with Gasteiger partial charge in [0.15, 0.2) is 0 Å². The quantitative estimate of drug-likeness (QED) is 0.728. The van der Waals surface area contributed by atoms with Crippen LogP contribution in [0.4, 0.5) is 5.69 Å². The van der Waals surface area contributed by atoms with Gasteiger partial charge in [-0.25, -0.2) is 9.67 Å². The third kappa shape index (κ3) is 3.45. The van der Waals surface area contributed by atoms with Gasteiger partial charge in [-0.2, -0.15) is 5.10 Å². The van der Waals surface area contributed by atoms with Crippen LogP contribution in [0.2, 0.25) is 0 Å². The molecule has 0 bridgehead atoms. The molecule has 0 saturated heterocycles. The van der Waals surface area contributed by atoms with Crippen molar-refractivity contribution in [3.8, 4) is 0 Å². The van der Waals surface area contributed by atoms with E-state index in [1.54, 1.807) is 15.9 Å². The Hall–Kier alpha value is -2.95. The number of hydrogen-bond acceptors (Lipinski definition) is 3. The molecule has 0 saturated carbocycles. The van der Waals surface area contributed by atoms with Gasteiger partial charge in [0.05, 0.1) is 6.54 Å². The van der Waals surface area contributed by atoms with Crippen molar-refractivity contribution in [3.63, 3.8) is 0 Å². The molecular formula is C18H18N4O. The second-order valence-corrected chi connectivity index (χ2v) is 5.17. The van der Waals surface area contributed by atoms with Crippen LogP contribution in [-0.4, -0.2) is 27.2 Å². The number of rotatable bonds is 5. The first-order valence-corrected chi connectivity index (χ1v) is 7.56. The highest BCUT2D eigenvalue weighted by Crippen LogP contribution is 2.17. The Labute approximate surface area is 135 Å². The predicted octanol–water partition coefficient (Wildman–Crippen LogP) is 2.99. The average molecular weight is 306 g/mol. The van der Waals surface area contributed by atoms with Crippen molar-refractivity contribution in [2.45, 2.75) is 13.5 Å². The molecule has 0 N–H and O–H groups in total. The van der Waals surface area contributed by atoms with Gasteiger partial charge >= 0.3 is 0 Å². The van der Waals surface area contributed by atoms with E-state index in [4.69, 9.17) is 0 Å². The van der Waals surface area contributed by atoms with E-state index in [1.165, 1.54) is 6.33 Å². The number of amides is 1. The van der Waals surface area contributed by atoms with E-state index in [2.05, 4.69) is 10.1 Å². The van der Waals surface area contributed by atoms with Crippen LogP contribution in [0.5, 0.6) is 0 Å². The molecule has 5 heteroatoms. The van der Waals surface area contributed by atoms with Crippen LogP contribution < -0.4 is 4.90 Å². The van der Waals surface area contributed by atoms with Crippen molar-refractivity contribution in [2.24, 2.45) is 0 Å². The lowest BCUT2D eigenvalue weighted by atomic mass is 10.1. The van der Waals surface area contributed by atoms with Gasteiger partial charge in [-0.15, -0.1) is 0 Å². The van der Waals surface area contributed by atoms with Crippen LogP contribution in [0.3, 0.4) is 0 Å². The van der Waals surface area contributed by atoms with Crippen molar-refractivity contribution >= 4 is 11.6 Å². The Kier molecular flexibility index (Phi) is 4.47. The maximum absolute atomic E-state index is 12.7. The molecule has 0 radical (unpaired) electrons. The van der Waals surface area contributed by atoms with E-state index < -0.39 is 0 Å². The average Bonchev–Trinajstić information content (AvgIpc) is 3.10. The second-order valence-electron chi connectivity index (χ2n) is 5.17. The first-order valence-electron chi connectivity index (χ1n) is 7.56. The highest BCUT2D eigenvalue weighted by molar-refractivity contribution is 6.06. The van der Waals surface area contributed by atoms with E-state index in [1.807, 2.05) is 61.5 Å². The van der Waals surface area contributed by atoms with Crippen molar-refractivity contribution in [2.75, 3.05) is 11.4 Å². The molecule has 0 aliphatic rings. The highest BCUT2D eigenvalue weighted by atomic mass is 16.2. The van der Waals surface area contributed by atoms with Crippen LogP contribution in [-0.2, 0) is 6.54 Å². The Morgan fingerprint density at radius 1 is 1.09 bits per heavy atom. The zero-order valence-electron chi connectivity index (χ0n) is 13.0. The SMILES string of the molecule is CCN(C(=O)c1ccc(Cn2cncn2)cc1)c1ccccc1. The Morgan fingerprint density at radius 2 is 1.83 bits per heavy atom. The van der Waals surface area contributed by atoms with Crippen molar-refractivity contribution in [3.05, 3.63) is 78.4 Å². The number of anilines is 1. The molecule has 23 heavy (non-hydrogen) atoms. The van der Waals surface area contributed by atoms with E-state index in [-0.39, 0.29) is 5.91 Å². The lowest BCUT2D eigenvalue weighted by Gasteiger charge is -2.21. The number of carbonyl (C=O) groups is 1. The summed E-state index contributed by atoms with van der Waals surface area (Å²) in [5, 5.41) is 4.08. The third-order valence-electron chi connectivity index (χ3n) is 3.64. The first-order chi connectivity index (χ1) is 11.3. The molecule has 116 valence electrons. The summed E-state index contributed by atoms with van der Waals surface area (Å²) >= 11 is 0. The fourth-order valence-electron chi connectivity index (χ4n) is 2.46. The Morgan fingerprint density at radius 3 is 2.43 bits per heavy atom. The smallest absolute Gasteiger partial charge is 0.258 e. The maximum Gasteiger partial charge on any atom is 0.258 e. The minimum absolute atomic E-state index is 0.00556. The summed E-state index contributed by atoms with van der Waals surface area (Å²) in [6.07, 6.45) is 3.18. The lowest BCUT2D eigenvalue weighted by molar-refractivity contribution is 0.0988. The van der Waals surface area contributed by atoms with Crippen LogP contribution >= 0.6 is 0 Å². The topological polar surface area (TPSA) is 51.0 Å². The summed E-state index contributed by atoms with van der Waals surface area (Å²) < 4.78 is 1.75. The summed E-state index contributed by atoms with van der Waals surface area (Å²) in [7, 11) is 0. The van der Waals surface area contributed by atoms with Crippen molar-refractivity contribution in [1.29, 1.82) is 0 Å². The minimum Gasteiger partial charge on any atom is -0.309 e. The first kappa shape index (κ1) is 15.0. The van der Waals surface area contributed by atoms with Crippen molar-refractivity contribution < 1.29 is 4.79 Å². The van der Waals surface area contributed by atoms with E-state index in [0.717, 1.165) is 11.3 Å². The van der Waals surface area contributed by atoms with Gasteiger partial charge in [-0.05, 0) is 36.8 Å². The van der Waals surface area contributed by atoms with Gasteiger partial charge in [0.25, 0.3) is 5.91 Å². The van der Waals surface area contributed by atoms with Gasteiger partial charge in [-0.1, -0.05) is 30.3 Å². The second kappa shape index (κ2) is 6.87. The standard InChI is InChI=1S/C18H18N4O/c1-2-22(17-6-4-3-5-7-17)18(23)16-10-8-15(9-11-16)12-21-14-19-13-20-21/h3-11,13-14H,2,12H2,1H3. The van der Waals surface area contributed by atoms with Crippen molar-refractivity contribution in [1.82, 2.24) is 14.8 Å². The van der Waals surface area contributed by atoms with Gasteiger partial charge < -0.3 is 4.90 Å². The number of hydrogen-bond donors (Lipinski definition) is 0. The molecule has 1 aromatic heterocycles. The number of nitrogens with zero attached hydrogens (tertiary/aromatic N) is 4. The van der Waals surface area contributed by atoms with Gasteiger partial charge in [0, 0.05) is 17.8 Å². The molecule has 0 aliphatic heterocycles. The summed E-state index contributed by atoms with van der Waals surface area (Å²) in [5.41, 5.74) is 2.67.